The van der Waals surface area contributed by atoms with Crippen molar-refractivity contribution in [3.05, 3.63) is 42.5 Å². The molecular weight excluding hydrogens is 452 g/mol. The third-order valence-corrected chi connectivity index (χ3v) is 7.10. The van der Waals surface area contributed by atoms with Gasteiger partial charge < -0.3 is 25.0 Å². The summed E-state index contributed by atoms with van der Waals surface area (Å²) in [6.45, 7) is 8.13. The third kappa shape index (κ3) is 9.12. The number of unbranched alkanes of at least 4 members (excludes halogenated alkanes) is 1. The van der Waals surface area contributed by atoms with Crippen LogP contribution >= 0.6 is 23.7 Å². The maximum absolute atomic E-state index is 8.58. The Morgan fingerprint density at radius 3 is 2.48 bits per heavy atom. The van der Waals surface area contributed by atoms with E-state index in [1.54, 1.807) is 11.9 Å². The summed E-state index contributed by atoms with van der Waals surface area (Å²) in [7, 11) is 2.14. The summed E-state index contributed by atoms with van der Waals surface area (Å²) in [4.78, 5) is 12.4. The number of anilines is 2. The van der Waals surface area contributed by atoms with Gasteiger partial charge in [-0.05, 0) is 42.3 Å². The van der Waals surface area contributed by atoms with Crippen LogP contribution in [0.3, 0.4) is 0 Å². The maximum Gasteiger partial charge on any atom is 0.204 e. The molecule has 1 aliphatic rings. The summed E-state index contributed by atoms with van der Waals surface area (Å²) in [5.41, 5.74) is 9.30. The highest BCUT2D eigenvalue weighted by Crippen LogP contribution is 2.37. The Morgan fingerprint density at radius 2 is 1.85 bits per heavy atom. The lowest BCUT2D eigenvalue weighted by Gasteiger charge is -2.31. The van der Waals surface area contributed by atoms with Crippen LogP contribution in [0.25, 0.3) is 11.1 Å². The zero-order valence-electron chi connectivity index (χ0n) is 20.1. The molecule has 182 valence electrons. The molecule has 2 aromatic carbocycles. The van der Waals surface area contributed by atoms with Gasteiger partial charge in [-0.3, -0.25) is 4.79 Å². The van der Waals surface area contributed by atoms with Crippen LogP contribution in [0, 0.1) is 0 Å². The highest BCUT2D eigenvalue weighted by Gasteiger charge is 2.15. The number of carbonyl (C=O) groups is 1. The lowest BCUT2D eigenvalue weighted by molar-refractivity contribution is -0.106. The molecule has 3 N–H and O–H groups in total. The standard InChI is InChI=1S/C24H35N3OS2.CH3NO/c1-4-5-16-28-17-18-30-22-9-6-20(7-10-22)23-19-21(27-14-12-25-13-15-27)8-11-24(23)26(2)29-3;2-1-3/h6-11,19,25H,4-5,12-18H2,1-3H3;1H,(H2,2,3). The van der Waals surface area contributed by atoms with Gasteiger partial charge in [0.15, 0.2) is 0 Å². The fraction of sp³-hybridized carbons (Fsp3) is 0.480. The Balaban J connectivity index is 0.00000122. The molecule has 0 spiro atoms. The van der Waals surface area contributed by atoms with Crippen molar-refractivity contribution in [1.29, 1.82) is 0 Å². The van der Waals surface area contributed by atoms with Crippen molar-refractivity contribution in [2.24, 2.45) is 5.73 Å². The van der Waals surface area contributed by atoms with Crippen LogP contribution in [0.1, 0.15) is 19.8 Å². The van der Waals surface area contributed by atoms with Gasteiger partial charge in [0.05, 0.1) is 12.3 Å². The molecule has 1 aliphatic heterocycles. The van der Waals surface area contributed by atoms with E-state index < -0.39 is 0 Å². The van der Waals surface area contributed by atoms with E-state index in [-0.39, 0.29) is 6.41 Å². The Hall–Kier alpha value is -1.87. The fourth-order valence-electron chi connectivity index (χ4n) is 3.55. The van der Waals surface area contributed by atoms with E-state index >= 15 is 0 Å². The molecule has 2 aromatic rings. The van der Waals surface area contributed by atoms with E-state index in [0.717, 1.165) is 51.6 Å². The number of hydrogen-bond acceptors (Lipinski definition) is 7. The van der Waals surface area contributed by atoms with Crippen molar-refractivity contribution in [3.8, 4) is 11.1 Å². The summed E-state index contributed by atoms with van der Waals surface area (Å²) in [6, 6.07) is 15.9. The predicted octanol–water partition coefficient (Wildman–Crippen LogP) is 4.49. The molecule has 0 radical (unpaired) electrons. The number of nitrogens with two attached hydrogens (primary N) is 1. The molecule has 33 heavy (non-hydrogen) atoms. The molecule has 0 unspecified atom stereocenters. The zero-order chi connectivity index (χ0) is 23.9. The molecule has 0 bridgehead atoms. The Bertz CT molecular complexity index is 815. The number of thioether (sulfide) groups is 1. The maximum atomic E-state index is 8.58. The number of primary amides is 1. The first-order chi connectivity index (χ1) is 16.1. The van der Waals surface area contributed by atoms with Gasteiger partial charge in [-0.2, -0.15) is 0 Å². The lowest BCUT2D eigenvalue weighted by Crippen LogP contribution is -2.43. The minimum absolute atomic E-state index is 0.250. The van der Waals surface area contributed by atoms with Crippen LogP contribution in [0.2, 0.25) is 0 Å². The molecule has 0 saturated carbocycles. The topological polar surface area (TPSA) is 70.8 Å². The molecule has 1 fully saturated rings. The molecule has 0 aromatic heterocycles. The number of hydrogen-bond donors (Lipinski definition) is 2. The first-order valence-electron chi connectivity index (χ1n) is 11.5. The van der Waals surface area contributed by atoms with Crippen molar-refractivity contribution in [3.63, 3.8) is 0 Å². The van der Waals surface area contributed by atoms with Gasteiger partial charge in [0.2, 0.25) is 6.41 Å². The van der Waals surface area contributed by atoms with E-state index in [9.17, 15) is 0 Å². The van der Waals surface area contributed by atoms with E-state index in [1.807, 2.05) is 11.8 Å². The van der Waals surface area contributed by atoms with Crippen LogP contribution in [0.4, 0.5) is 11.4 Å². The summed E-state index contributed by atoms with van der Waals surface area (Å²) >= 11 is 3.61. The smallest absolute Gasteiger partial charge is 0.204 e. The van der Waals surface area contributed by atoms with Crippen LogP contribution < -0.4 is 20.3 Å². The summed E-state index contributed by atoms with van der Waals surface area (Å²) < 4.78 is 7.92. The molecule has 1 saturated heterocycles. The number of carbonyl (C=O) groups excluding carboxylic acids is 1. The van der Waals surface area contributed by atoms with Gasteiger partial charge in [-0.15, -0.1) is 11.8 Å². The van der Waals surface area contributed by atoms with E-state index in [4.69, 9.17) is 9.53 Å². The Labute approximate surface area is 207 Å². The van der Waals surface area contributed by atoms with Gasteiger partial charge in [0.25, 0.3) is 0 Å². The number of piperazine rings is 1. The van der Waals surface area contributed by atoms with Crippen molar-refractivity contribution in [2.45, 2.75) is 24.7 Å². The van der Waals surface area contributed by atoms with Gasteiger partial charge in [0.1, 0.15) is 0 Å². The van der Waals surface area contributed by atoms with E-state index in [2.05, 4.69) is 82.9 Å². The third-order valence-electron chi connectivity index (χ3n) is 5.38. The Kier molecular flexibility index (Phi) is 13.2. The normalized spacial score (nSPS) is 13.2. The quantitative estimate of drug-likeness (QED) is 0.208. The van der Waals surface area contributed by atoms with Gasteiger partial charge in [-0.1, -0.05) is 37.4 Å². The average Bonchev–Trinajstić information content (AvgIpc) is 2.87. The molecule has 8 heteroatoms. The number of amides is 1. The molecule has 0 aliphatic carbocycles. The second kappa shape index (κ2) is 15.9. The van der Waals surface area contributed by atoms with Gasteiger partial charge >= 0.3 is 0 Å². The average molecular weight is 491 g/mol. The second-order valence-electron chi connectivity index (χ2n) is 7.59. The highest BCUT2D eigenvalue weighted by molar-refractivity contribution is 8.00. The summed E-state index contributed by atoms with van der Waals surface area (Å²) in [6.07, 6.45) is 4.72. The summed E-state index contributed by atoms with van der Waals surface area (Å²) in [5.74, 6) is 1.00. The molecule has 0 atom stereocenters. The number of ether oxygens (including phenoxy) is 1. The van der Waals surface area contributed by atoms with Crippen molar-refractivity contribution >= 4 is 41.5 Å². The predicted molar refractivity (Wildman–Crippen MR) is 146 cm³/mol. The molecule has 3 rings (SSSR count). The molecular formula is C25H38N4O2S2. The SMILES string of the molecule is CCCCOCCSc1ccc(-c2cc(N3CCNCC3)ccc2N(C)SC)cc1.NC=O. The van der Waals surface area contributed by atoms with Crippen LogP contribution in [0.15, 0.2) is 47.4 Å². The number of rotatable bonds is 11. The number of benzene rings is 2. The Morgan fingerprint density at radius 1 is 1.15 bits per heavy atom. The fourth-order valence-corrected chi connectivity index (χ4v) is 4.67. The van der Waals surface area contributed by atoms with Gasteiger partial charge in [-0.25, -0.2) is 0 Å². The molecule has 6 nitrogen and oxygen atoms in total. The first-order valence-corrected chi connectivity index (χ1v) is 13.6. The van der Waals surface area contributed by atoms with Crippen molar-refractivity contribution in [2.75, 3.05) is 67.7 Å². The minimum atomic E-state index is 0.250. The zero-order valence-corrected chi connectivity index (χ0v) is 21.7. The lowest BCUT2D eigenvalue weighted by atomic mass is 10.0. The largest absolute Gasteiger partial charge is 0.381 e. The first kappa shape index (κ1) is 27.4. The van der Waals surface area contributed by atoms with Crippen LogP contribution in [-0.2, 0) is 9.53 Å². The second-order valence-corrected chi connectivity index (χ2v) is 9.67. The molecule has 1 heterocycles. The van der Waals surface area contributed by atoms with Crippen LogP contribution in [-0.4, -0.2) is 64.9 Å². The minimum Gasteiger partial charge on any atom is -0.381 e. The number of nitrogens with zero attached hydrogens (tertiary/aromatic N) is 2. The van der Waals surface area contributed by atoms with E-state index in [0.29, 0.717) is 0 Å². The van der Waals surface area contributed by atoms with Gasteiger partial charge in [0, 0.05) is 68.0 Å². The van der Waals surface area contributed by atoms with Crippen molar-refractivity contribution < 1.29 is 9.53 Å². The van der Waals surface area contributed by atoms with E-state index in [1.165, 1.54) is 33.8 Å². The summed E-state index contributed by atoms with van der Waals surface area (Å²) in [5, 5.41) is 3.44. The van der Waals surface area contributed by atoms with Crippen LogP contribution in [0.5, 0.6) is 0 Å². The number of nitrogens with one attached hydrogen (secondary N) is 1. The monoisotopic (exact) mass is 490 g/mol. The van der Waals surface area contributed by atoms with Crippen molar-refractivity contribution in [1.82, 2.24) is 5.32 Å². The molecule has 1 amide bonds. The highest BCUT2D eigenvalue weighted by atomic mass is 32.2.